The Balaban J connectivity index is 1.54. The summed E-state index contributed by atoms with van der Waals surface area (Å²) in [6, 6.07) is 24.5. The van der Waals surface area contributed by atoms with Gasteiger partial charge in [-0.2, -0.15) is 5.26 Å². The predicted molar refractivity (Wildman–Crippen MR) is 133 cm³/mol. The van der Waals surface area contributed by atoms with Crippen LogP contribution in [0.15, 0.2) is 72.8 Å². The summed E-state index contributed by atoms with van der Waals surface area (Å²) in [5.41, 5.74) is 3.47. The molecule has 5 rings (SSSR count). The molecule has 1 saturated carbocycles. The smallest absolute Gasteiger partial charge is 0.252 e. The lowest BCUT2D eigenvalue weighted by molar-refractivity contribution is -0.174. The maximum absolute atomic E-state index is 13.8. The number of carbonyl (C=O) groups is 1. The van der Waals surface area contributed by atoms with E-state index in [0.29, 0.717) is 34.5 Å². The molecule has 3 aromatic carbocycles. The molecule has 1 heterocycles. The molecule has 3 aromatic rings. The molecule has 1 aliphatic carbocycles. The van der Waals surface area contributed by atoms with Crippen molar-refractivity contribution in [2.45, 2.75) is 37.5 Å². The highest BCUT2D eigenvalue weighted by molar-refractivity contribution is 6.30. The van der Waals surface area contributed by atoms with E-state index in [9.17, 15) is 4.79 Å². The summed E-state index contributed by atoms with van der Waals surface area (Å²) in [5.74, 6) is 0.516. The van der Waals surface area contributed by atoms with Crippen LogP contribution in [0.1, 0.15) is 47.2 Å². The molecule has 6 heteroatoms. The number of hydrogen-bond donors (Lipinski definition) is 0. The van der Waals surface area contributed by atoms with Crippen LogP contribution in [0.4, 0.5) is 0 Å². The number of amides is 1. The number of nitrogens with zero attached hydrogens (tertiary/aromatic N) is 2. The van der Waals surface area contributed by atoms with Crippen LogP contribution in [-0.2, 0) is 16.0 Å². The zero-order valence-corrected chi connectivity index (χ0v) is 20.0. The molecule has 2 aliphatic rings. The number of ether oxygens (including phenoxy) is 1. The predicted octanol–water partition coefficient (Wildman–Crippen LogP) is 6.53. The maximum atomic E-state index is 13.8. The van der Waals surface area contributed by atoms with E-state index in [4.69, 9.17) is 33.2 Å². The first kappa shape index (κ1) is 22.9. The van der Waals surface area contributed by atoms with Crippen LogP contribution < -0.4 is 0 Å². The number of rotatable bonds is 6. The van der Waals surface area contributed by atoms with Crippen LogP contribution in [0.5, 0.6) is 0 Å². The third-order valence-corrected chi connectivity index (χ3v) is 7.02. The van der Waals surface area contributed by atoms with Gasteiger partial charge in [-0.15, -0.1) is 0 Å². The minimum Gasteiger partial charge on any atom is -0.358 e. The van der Waals surface area contributed by atoms with Crippen LogP contribution in [0.25, 0.3) is 0 Å². The fourth-order valence-corrected chi connectivity index (χ4v) is 4.93. The molecule has 4 nitrogen and oxygen atoms in total. The normalized spacial score (nSPS) is 22.4. The molecule has 1 amide bonds. The van der Waals surface area contributed by atoms with Gasteiger partial charge in [0.05, 0.1) is 17.7 Å². The van der Waals surface area contributed by atoms with Gasteiger partial charge in [0.1, 0.15) is 12.2 Å². The second-order valence-corrected chi connectivity index (χ2v) is 9.92. The van der Waals surface area contributed by atoms with Gasteiger partial charge in [0.2, 0.25) is 0 Å². The SMILES string of the molecule is N#Cc1ccc(C[C@@H]2O[C@@H](c3cccc(Cl)c3)[C@@H](c3ccc(Cl)cc3)N(CC3CC3)C2=O)cc1. The summed E-state index contributed by atoms with van der Waals surface area (Å²) in [6.07, 6.45) is 1.72. The second kappa shape index (κ2) is 9.80. The quantitative estimate of drug-likeness (QED) is 0.394. The van der Waals surface area contributed by atoms with Crippen molar-refractivity contribution in [3.63, 3.8) is 0 Å². The molecule has 1 aliphatic heterocycles. The molecule has 0 bridgehead atoms. The van der Waals surface area contributed by atoms with Crippen LogP contribution in [0.2, 0.25) is 10.0 Å². The van der Waals surface area contributed by atoms with E-state index in [-0.39, 0.29) is 18.1 Å². The lowest BCUT2D eigenvalue weighted by Crippen LogP contribution is -2.52. The van der Waals surface area contributed by atoms with Crippen molar-refractivity contribution >= 4 is 29.1 Å². The first-order chi connectivity index (χ1) is 16.5. The summed E-state index contributed by atoms with van der Waals surface area (Å²) < 4.78 is 6.58. The Morgan fingerprint density at radius 3 is 2.32 bits per heavy atom. The van der Waals surface area contributed by atoms with Gasteiger partial charge in [-0.3, -0.25) is 4.79 Å². The van der Waals surface area contributed by atoms with Crippen molar-refractivity contribution in [2.75, 3.05) is 6.54 Å². The first-order valence-electron chi connectivity index (χ1n) is 11.5. The molecule has 1 saturated heterocycles. The average molecular weight is 491 g/mol. The fourth-order valence-electron chi connectivity index (χ4n) is 4.60. The van der Waals surface area contributed by atoms with Gasteiger partial charge < -0.3 is 9.64 Å². The van der Waals surface area contributed by atoms with Gasteiger partial charge in [-0.25, -0.2) is 0 Å². The summed E-state index contributed by atoms with van der Waals surface area (Å²) in [5, 5.41) is 10.4. The summed E-state index contributed by atoms with van der Waals surface area (Å²) in [4.78, 5) is 15.8. The van der Waals surface area contributed by atoms with Crippen molar-refractivity contribution < 1.29 is 9.53 Å². The minimum absolute atomic E-state index is 0.00510. The Morgan fingerprint density at radius 2 is 1.68 bits per heavy atom. The molecule has 0 aromatic heterocycles. The lowest BCUT2D eigenvalue weighted by Gasteiger charge is -2.45. The van der Waals surface area contributed by atoms with Crippen molar-refractivity contribution in [1.29, 1.82) is 5.26 Å². The lowest BCUT2D eigenvalue weighted by atomic mass is 9.90. The van der Waals surface area contributed by atoms with E-state index in [1.807, 2.05) is 65.6 Å². The van der Waals surface area contributed by atoms with Crippen LogP contribution in [0.3, 0.4) is 0 Å². The third-order valence-electron chi connectivity index (χ3n) is 6.54. The third kappa shape index (κ3) is 4.98. The largest absolute Gasteiger partial charge is 0.358 e. The number of nitriles is 1. The highest BCUT2D eigenvalue weighted by Gasteiger charge is 2.45. The van der Waals surface area contributed by atoms with Gasteiger partial charge in [-0.1, -0.05) is 59.6 Å². The number of halogens is 2. The van der Waals surface area contributed by atoms with Crippen molar-refractivity contribution in [3.05, 3.63) is 105 Å². The molecular formula is C28H24Cl2N2O2. The Bertz CT molecular complexity index is 1220. The van der Waals surface area contributed by atoms with Crippen molar-refractivity contribution in [3.8, 4) is 6.07 Å². The highest BCUT2D eigenvalue weighted by atomic mass is 35.5. The first-order valence-corrected chi connectivity index (χ1v) is 12.2. The summed E-state index contributed by atoms with van der Waals surface area (Å²) in [7, 11) is 0. The maximum Gasteiger partial charge on any atom is 0.252 e. The standard InChI is InChI=1S/C28H24Cl2N2O2/c29-23-12-10-21(11-13-23)26-27(22-2-1-3-24(30)15-22)34-25(28(33)32(26)17-20-8-9-20)14-18-4-6-19(16-31)7-5-18/h1-7,10-13,15,20,25-27H,8-9,14,17H2/t25-,26+,27-/m0/s1. The number of morpholine rings is 1. The van der Waals surface area contributed by atoms with Gasteiger partial charge in [0.25, 0.3) is 5.91 Å². The molecule has 172 valence electrons. The van der Waals surface area contributed by atoms with E-state index in [2.05, 4.69) is 6.07 Å². The van der Waals surface area contributed by atoms with E-state index >= 15 is 0 Å². The van der Waals surface area contributed by atoms with Gasteiger partial charge >= 0.3 is 0 Å². The Morgan fingerprint density at radius 1 is 0.941 bits per heavy atom. The molecular weight excluding hydrogens is 467 g/mol. The zero-order valence-electron chi connectivity index (χ0n) is 18.5. The van der Waals surface area contributed by atoms with Crippen molar-refractivity contribution in [2.24, 2.45) is 5.92 Å². The molecule has 0 N–H and O–H groups in total. The molecule has 0 radical (unpaired) electrons. The van der Waals surface area contributed by atoms with E-state index in [0.717, 1.165) is 29.5 Å². The highest BCUT2D eigenvalue weighted by Crippen LogP contribution is 2.45. The summed E-state index contributed by atoms with van der Waals surface area (Å²) in [6.45, 7) is 0.705. The average Bonchev–Trinajstić information content (AvgIpc) is 3.67. The summed E-state index contributed by atoms with van der Waals surface area (Å²) >= 11 is 12.5. The number of hydrogen-bond acceptors (Lipinski definition) is 3. The molecule has 34 heavy (non-hydrogen) atoms. The minimum atomic E-state index is -0.626. The van der Waals surface area contributed by atoms with Crippen LogP contribution >= 0.6 is 23.2 Å². The zero-order chi connectivity index (χ0) is 23.7. The van der Waals surface area contributed by atoms with Gasteiger partial charge in [0, 0.05) is 23.0 Å². The van der Waals surface area contributed by atoms with Crippen molar-refractivity contribution in [1.82, 2.24) is 4.90 Å². The Labute approximate surface area is 209 Å². The van der Waals surface area contributed by atoms with E-state index < -0.39 is 6.10 Å². The van der Waals surface area contributed by atoms with Gasteiger partial charge in [-0.05, 0) is 71.8 Å². The topological polar surface area (TPSA) is 53.3 Å². The molecule has 2 fully saturated rings. The number of carbonyl (C=O) groups excluding carboxylic acids is 1. The fraction of sp³-hybridized carbons (Fsp3) is 0.286. The van der Waals surface area contributed by atoms with Gasteiger partial charge in [0.15, 0.2) is 0 Å². The Hall–Kier alpha value is -2.84. The second-order valence-electron chi connectivity index (χ2n) is 9.04. The van der Waals surface area contributed by atoms with Crippen LogP contribution in [-0.4, -0.2) is 23.5 Å². The van der Waals surface area contributed by atoms with E-state index in [1.165, 1.54) is 0 Å². The Kier molecular flexibility index (Phi) is 6.61. The molecule has 0 spiro atoms. The van der Waals surface area contributed by atoms with E-state index in [1.54, 1.807) is 12.1 Å². The molecule has 0 unspecified atom stereocenters. The van der Waals surface area contributed by atoms with Crippen LogP contribution in [0, 0.1) is 17.2 Å². The number of benzene rings is 3. The molecule has 3 atom stereocenters. The monoisotopic (exact) mass is 490 g/mol.